The highest BCUT2D eigenvalue weighted by molar-refractivity contribution is 9.10. The van der Waals surface area contributed by atoms with Crippen LogP contribution < -0.4 is 5.32 Å². The number of hydrogen-bond acceptors (Lipinski definition) is 3. The summed E-state index contributed by atoms with van der Waals surface area (Å²) in [6, 6.07) is 2.13. The average Bonchev–Trinajstić information content (AvgIpc) is 2.87. The van der Waals surface area contributed by atoms with Crippen LogP contribution in [0.1, 0.15) is 41.8 Å². The van der Waals surface area contributed by atoms with Crippen molar-refractivity contribution in [2.24, 2.45) is 0 Å². The maximum absolute atomic E-state index is 5.80. The number of nitrogens with one attached hydrogen (secondary N) is 1. The normalized spacial score (nSPS) is 11.2. The third-order valence-electron chi connectivity index (χ3n) is 3.41. The molecular formula is C15H22BrN3O. The Kier molecular flexibility index (Phi) is 5.05. The van der Waals surface area contributed by atoms with E-state index in [0.29, 0.717) is 0 Å². The molecule has 2 heterocycles. The largest absolute Gasteiger partial charge is 0.465 e. The van der Waals surface area contributed by atoms with Gasteiger partial charge in [0.15, 0.2) is 0 Å². The Balaban J connectivity index is 2.11. The van der Waals surface area contributed by atoms with Crippen molar-refractivity contribution in [3.63, 3.8) is 0 Å². The summed E-state index contributed by atoms with van der Waals surface area (Å²) in [5.74, 6) is 1.97. The Morgan fingerprint density at radius 1 is 1.35 bits per heavy atom. The van der Waals surface area contributed by atoms with Crippen LogP contribution in [0, 0.1) is 20.8 Å². The molecule has 0 bridgehead atoms. The number of halogens is 1. The van der Waals surface area contributed by atoms with Gasteiger partial charge in [0, 0.05) is 5.56 Å². The van der Waals surface area contributed by atoms with Gasteiger partial charge in [-0.3, -0.25) is 4.68 Å². The molecule has 5 heteroatoms. The smallest absolute Gasteiger partial charge is 0.118 e. The van der Waals surface area contributed by atoms with Gasteiger partial charge in [0.2, 0.25) is 0 Å². The molecule has 4 nitrogen and oxygen atoms in total. The highest BCUT2D eigenvalue weighted by Gasteiger charge is 2.12. The fourth-order valence-corrected chi connectivity index (χ4v) is 2.49. The molecule has 1 N–H and O–H groups in total. The first-order valence-electron chi connectivity index (χ1n) is 7.01. The number of rotatable bonds is 6. The summed E-state index contributed by atoms with van der Waals surface area (Å²) in [7, 11) is 0. The minimum atomic E-state index is 0.751. The van der Waals surface area contributed by atoms with Crippen molar-refractivity contribution in [3.8, 4) is 0 Å². The zero-order chi connectivity index (χ0) is 14.7. The zero-order valence-electron chi connectivity index (χ0n) is 12.6. The summed E-state index contributed by atoms with van der Waals surface area (Å²) in [4.78, 5) is 0. The van der Waals surface area contributed by atoms with Crippen LogP contribution in [0.3, 0.4) is 0 Å². The minimum Gasteiger partial charge on any atom is -0.465 e. The van der Waals surface area contributed by atoms with E-state index in [1.54, 1.807) is 0 Å². The second kappa shape index (κ2) is 6.59. The predicted molar refractivity (Wildman–Crippen MR) is 83.9 cm³/mol. The lowest BCUT2D eigenvalue weighted by Crippen LogP contribution is -2.13. The van der Waals surface area contributed by atoms with E-state index in [-0.39, 0.29) is 0 Å². The van der Waals surface area contributed by atoms with Crippen LogP contribution in [-0.2, 0) is 13.1 Å². The van der Waals surface area contributed by atoms with E-state index in [2.05, 4.69) is 46.3 Å². The van der Waals surface area contributed by atoms with Gasteiger partial charge >= 0.3 is 0 Å². The third kappa shape index (κ3) is 3.33. The molecule has 0 fully saturated rings. The summed E-state index contributed by atoms with van der Waals surface area (Å²) >= 11 is 3.56. The number of aromatic nitrogens is 2. The maximum atomic E-state index is 5.80. The van der Waals surface area contributed by atoms with E-state index in [9.17, 15) is 0 Å². The fraction of sp³-hybridized carbons (Fsp3) is 0.533. The van der Waals surface area contributed by atoms with Crippen molar-refractivity contribution in [3.05, 3.63) is 39.0 Å². The lowest BCUT2D eigenvalue weighted by Gasteiger charge is -2.02. The van der Waals surface area contributed by atoms with Gasteiger partial charge in [0.1, 0.15) is 11.5 Å². The van der Waals surface area contributed by atoms with Gasteiger partial charge in [0.05, 0.1) is 29.0 Å². The van der Waals surface area contributed by atoms with E-state index in [1.165, 1.54) is 5.56 Å². The molecule has 2 rings (SSSR count). The molecule has 0 atom stereocenters. The molecule has 0 aliphatic rings. The Morgan fingerprint density at radius 2 is 2.10 bits per heavy atom. The lowest BCUT2D eigenvalue weighted by atomic mass is 10.2. The number of nitrogens with zero attached hydrogens (tertiary/aromatic N) is 2. The van der Waals surface area contributed by atoms with Gasteiger partial charge < -0.3 is 9.73 Å². The molecule has 0 amide bonds. The minimum absolute atomic E-state index is 0.751. The van der Waals surface area contributed by atoms with Crippen LogP contribution in [0.5, 0.6) is 0 Å². The molecule has 0 spiro atoms. The van der Waals surface area contributed by atoms with Crippen molar-refractivity contribution in [2.75, 3.05) is 6.54 Å². The van der Waals surface area contributed by atoms with Crippen LogP contribution in [0.4, 0.5) is 0 Å². The van der Waals surface area contributed by atoms with Crippen molar-refractivity contribution >= 4 is 15.9 Å². The second-order valence-corrected chi connectivity index (χ2v) is 5.91. The van der Waals surface area contributed by atoms with E-state index in [0.717, 1.165) is 53.4 Å². The Hall–Kier alpha value is -1.07. The number of aryl methyl sites for hydroxylation is 2. The van der Waals surface area contributed by atoms with Crippen LogP contribution >= 0.6 is 15.9 Å². The Labute approximate surface area is 128 Å². The maximum Gasteiger partial charge on any atom is 0.118 e. The van der Waals surface area contributed by atoms with Crippen molar-refractivity contribution < 1.29 is 4.42 Å². The van der Waals surface area contributed by atoms with Crippen molar-refractivity contribution in [1.82, 2.24) is 15.1 Å². The van der Waals surface area contributed by atoms with Gasteiger partial charge in [-0.05, 0) is 55.7 Å². The summed E-state index contributed by atoms with van der Waals surface area (Å²) in [5, 5.41) is 7.90. The highest BCUT2D eigenvalue weighted by Crippen LogP contribution is 2.22. The lowest BCUT2D eigenvalue weighted by molar-refractivity contribution is 0.458. The van der Waals surface area contributed by atoms with Gasteiger partial charge in [-0.1, -0.05) is 6.92 Å². The molecule has 2 aromatic heterocycles. The third-order valence-corrected chi connectivity index (χ3v) is 4.56. The van der Waals surface area contributed by atoms with Crippen LogP contribution in [-0.4, -0.2) is 16.3 Å². The molecule has 0 saturated heterocycles. The van der Waals surface area contributed by atoms with Gasteiger partial charge in [-0.2, -0.15) is 5.10 Å². The van der Waals surface area contributed by atoms with Gasteiger partial charge in [-0.25, -0.2) is 0 Å². The first kappa shape index (κ1) is 15.3. The van der Waals surface area contributed by atoms with Gasteiger partial charge in [-0.15, -0.1) is 0 Å². The quantitative estimate of drug-likeness (QED) is 0.815. The van der Waals surface area contributed by atoms with Crippen molar-refractivity contribution in [1.29, 1.82) is 0 Å². The zero-order valence-corrected chi connectivity index (χ0v) is 14.2. The van der Waals surface area contributed by atoms with Crippen LogP contribution in [0.25, 0.3) is 0 Å². The Bertz CT molecular complexity index is 586. The van der Waals surface area contributed by atoms with Crippen molar-refractivity contribution in [2.45, 2.75) is 47.2 Å². The average molecular weight is 340 g/mol. The summed E-state index contributed by atoms with van der Waals surface area (Å²) in [5.41, 5.74) is 3.36. The van der Waals surface area contributed by atoms with E-state index in [1.807, 2.05) is 18.5 Å². The summed E-state index contributed by atoms with van der Waals surface area (Å²) < 4.78 is 8.90. The molecule has 0 radical (unpaired) electrons. The molecule has 20 heavy (non-hydrogen) atoms. The first-order chi connectivity index (χ1) is 9.52. The second-order valence-electron chi connectivity index (χ2n) is 5.11. The molecule has 0 aromatic carbocycles. The Morgan fingerprint density at radius 3 is 2.70 bits per heavy atom. The van der Waals surface area contributed by atoms with E-state index >= 15 is 0 Å². The molecule has 2 aromatic rings. The molecular weight excluding hydrogens is 318 g/mol. The monoisotopic (exact) mass is 339 g/mol. The molecule has 110 valence electrons. The number of hydrogen-bond donors (Lipinski definition) is 1. The molecule has 0 aliphatic heterocycles. The molecule has 0 aliphatic carbocycles. The fourth-order valence-electron chi connectivity index (χ4n) is 2.21. The standard InChI is InChI=1S/C15H22BrN3O/c1-5-6-17-8-14-7-13(12(4)20-14)9-19-11(3)15(16)10(2)18-19/h7,17H,5-6,8-9H2,1-4H3. The molecule has 0 unspecified atom stereocenters. The van der Waals surface area contributed by atoms with E-state index in [4.69, 9.17) is 4.42 Å². The molecule has 0 saturated carbocycles. The summed E-state index contributed by atoms with van der Waals surface area (Å²) in [6.45, 7) is 10.8. The highest BCUT2D eigenvalue weighted by atomic mass is 79.9. The van der Waals surface area contributed by atoms with Crippen LogP contribution in [0.15, 0.2) is 15.0 Å². The SMILES string of the molecule is CCCNCc1cc(Cn2nc(C)c(Br)c2C)c(C)o1. The van der Waals surface area contributed by atoms with Gasteiger partial charge in [0.25, 0.3) is 0 Å². The predicted octanol–water partition coefficient (Wildman–Crippen LogP) is 3.71. The van der Waals surface area contributed by atoms with E-state index < -0.39 is 0 Å². The van der Waals surface area contributed by atoms with Crippen LogP contribution in [0.2, 0.25) is 0 Å². The number of furan rings is 1. The topological polar surface area (TPSA) is 43.0 Å². The first-order valence-corrected chi connectivity index (χ1v) is 7.80. The summed E-state index contributed by atoms with van der Waals surface area (Å²) in [6.07, 6.45) is 1.13.